The van der Waals surface area contributed by atoms with Gasteiger partial charge in [-0.3, -0.25) is 9.59 Å². The lowest BCUT2D eigenvalue weighted by atomic mass is 10.1. The largest absolute Gasteiger partial charge is 0.361 e. The van der Waals surface area contributed by atoms with Crippen molar-refractivity contribution in [1.82, 2.24) is 15.6 Å². The highest BCUT2D eigenvalue weighted by Gasteiger charge is 2.18. The van der Waals surface area contributed by atoms with Crippen LogP contribution in [0, 0.1) is 0 Å². The van der Waals surface area contributed by atoms with Gasteiger partial charge in [0, 0.05) is 29.7 Å². The number of carbonyl (C=O) groups is 2. The Morgan fingerprint density at radius 1 is 1.13 bits per heavy atom. The Morgan fingerprint density at radius 2 is 1.91 bits per heavy atom. The van der Waals surface area contributed by atoms with Crippen LogP contribution in [0.1, 0.15) is 37.7 Å². The third kappa shape index (κ3) is 4.12. The van der Waals surface area contributed by atoms with Crippen LogP contribution in [0.3, 0.4) is 0 Å². The van der Waals surface area contributed by atoms with Crippen molar-refractivity contribution in [2.24, 2.45) is 0 Å². The minimum atomic E-state index is -0.208. The van der Waals surface area contributed by atoms with Gasteiger partial charge in [0.2, 0.25) is 11.8 Å². The second-order valence-electron chi connectivity index (χ2n) is 6.19. The first-order valence-corrected chi connectivity index (χ1v) is 8.33. The molecule has 5 nitrogen and oxygen atoms in total. The molecule has 0 radical (unpaired) electrons. The molecule has 0 atom stereocenters. The van der Waals surface area contributed by atoms with Crippen LogP contribution in [0.5, 0.6) is 0 Å². The Morgan fingerprint density at radius 3 is 2.74 bits per heavy atom. The maximum absolute atomic E-state index is 11.8. The van der Waals surface area contributed by atoms with E-state index in [9.17, 15) is 9.59 Å². The van der Waals surface area contributed by atoms with Crippen molar-refractivity contribution >= 4 is 22.7 Å². The molecular formula is C18H23N3O2. The zero-order chi connectivity index (χ0) is 16.1. The van der Waals surface area contributed by atoms with Gasteiger partial charge in [0.15, 0.2) is 0 Å². The van der Waals surface area contributed by atoms with E-state index >= 15 is 0 Å². The highest BCUT2D eigenvalue weighted by Crippen LogP contribution is 2.18. The lowest BCUT2D eigenvalue weighted by Gasteiger charge is -2.11. The number of H-pyrrole nitrogens is 1. The zero-order valence-electron chi connectivity index (χ0n) is 13.2. The quantitative estimate of drug-likeness (QED) is 0.716. The molecule has 1 aromatic heterocycles. The topological polar surface area (TPSA) is 74.0 Å². The van der Waals surface area contributed by atoms with E-state index in [-0.39, 0.29) is 24.3 Å². The SMILES string of the molecule is O=C(CC(=O)NC1CCCC1)NCCc1c[nH]c2ccccc12. The van der Waals surface area contributed by atoms with E-state index in [4.69, 9.17) is 0 Å². The molecule has 23 heavy (non-hydrogen) atoms. The summed E-state index contributed by atoms with van der Waals surface area (Å²) in [4.78, 5) is 26.9. The highest BCUT2D eigenvalue weighted by atomic mass is 16.2. The number of para-hydroxylation sites is 1. The molecule has 0 bridgehead atoms. The molecule has 1 aliphatic rings. The second kappa shape index (κ2) is 7.31. The molecule has 0 unspecified atom stereocenters. The number of aromatic amines is 1. The average Bonchev–Trinajstić information content (AvgIpc) is 3.17. The Hall–Kier alpha value is -2.30. The van der Waals surface area contributed by atoms with Gasteiger partial charge in [0.05, 0.1) is 0 Å². The molecular weight excluding hydrogens is 290 g/mol. The summed E-state index contributed by atoms with van der Waals surface area (Å²) in [7, 11) is 0. The predicted octanol–water partition coefficient (Wildman–Crippen LogP) is 2.28. The Balaban J connectivity index is 1.41. The van der Waals surface area contributed by atoms with E-state index in [0.717, 1.165) is 24.8 Å². The highest BCUT2D eigenvalue weighted by molar-refractivity contribution is 5.97. The molecule has 0 aliphatic heterocycles. The molecule has 5 heteroatoms. The summed E-state index contributed by atoms with van der Waals surface area (Å²) in [6.45, 7) is 0.539. The van der Waals surface area contributed by atoms with Gasteiger partial charge < -0.3 is 15.6 Å². The number of benzene rings is 1. The molecule has 0 saturated heterocycles. The molecule has 0 spiro atoms. The van der Waals surface area contributed by atoms with Gasteiger partial charge in [-0.05, 0) is 30.9 Å². The van der Waals surface area contributed by atoms with Gasteiger partial charge in [-0.2, -0.15) is 0 Å². The van der Waals surface area contributed by atoms with Crippen molar-refractivity contribution in [3.8, 4) is 0 Å². The van der Waals surface area contributed by atoms with E-state index < -0.39 is 0 Å². The van der Waals surface area contributed by atoms with E-state index in [1.807, 2.05) is 24.4 Å². The van der Waals surface area contributed by atoms with Crippen LogP contribution in [0.4, 0.5) is 0 Å². The summed E-state index contributed by atoms with van der Waals surface area (Å²) in [5, 5.41) is 6.94. The number of carbonyl (C=O) groups excluding carboxylic acids is 2. The predicted molar refractivity (Wildman–Crippen MR) is 90.0 cm³/mol. The number of aromatic nitrogens is 1. The molecule has 1 fully saturated rings. The number of rotatable bonds is 6. The van der Waals surface area contributed by atoms with Crippen LogP contribution in [-0.2, 0) is 16.0 Å². The number of hydrogen-bond acceptors (Lipinski definition) is 2. The fraction of sp³-hybridized carbons (Fsp3) is 0.444. The standard InChI is InChI=1S/C18H23N3O2/c22-17(11-18(23)21-14-5-1-2-6-14)19-10-9-13-12-20-16-8-4-3-7-15(13)16/h3-4,7-8,12,14,20H,1-2,5-6,9-11H2,(H,19,22)(H,21,23). The van der Waals surface area contributed by atoms with Crippen LogP contribution in [0.15, 0.2) is 30.5 Å². The molecule has 1 aromatic carbocycles. The van der Waals surface area contributed by atoms with Crippen LogP contribution < -0.4 is 10.6 Å². The fourth-order valence-corrected chi connectivity index (χ4v) is 3.23. The lowest BCUT2D eigenvalue weighted by molar-refractivity contribution is -0.129. The zero-order valence-corrected chi connectivity index (χ0v) is 13.2. The Kier molecular flexibility index (Phi) is 4.95. The van der Waals surface area contributed by atoms with Crippen molar-refractivity contribution in [3.63, 3.8) is 0 Å². The summed E-state index contributed by atoms with van der Waals surface area (Å²) in [5.41, 5.74) is 2.28. The molecule has 1 aliphatic carbocycles. The molecule has 3 rings (SSSR count). The summed E-state index contributed by atoms with van der Waals surface area (Å²) < 4.78 is 0. The van der Waals surface area contributed by atoms with Gasteiger partial charge >= 0.3 is 0 Å². The fourth-order valence-electron chi connectivity index (χ4n) is 3.23. The molecule has 122 valence electrons. The van der Waals surface area contributed by atoms with Crippen molar-refractivity contribution in [2.45, 2.75) is 44.6 Å². The van der Waals surface area contributed by atoms with E-state index in [1.165, 1.54) is 23.8 Å². The summed E-state index contributed by atoms with van der Waals surface area (Å²) >= 11 is 0. The smallest absolute Gasteiger partial charge is 0.229 e. The van der Waals surface area contributed by atoms with Gasteiger partial charge in [-0.15, -0.1) is 0 Å². The van der Waals surface area contributed by atoms with Crippen molar-refractivity contribution in [2.75, 3.05) is 6.54 Å². The minimum absolute atomic E-state index is 0.0790. The number of fused-ring (bicyclic) bond motifs is 1. The summed E-state index contributed by atoms with van der Waals surface area (Å²) in [5.74, 6) is -0.373. The van der Waals surface area contributed by atoms with Gasteiger partial charge in [0.25, 0.3) is 0 Å². The number of nitrogens with one attached hydrogen (secondary N) is 3. The number of hydrogen-bond donors (Lipinski definition) is 3. The van der Waals surface area contributed by atoms with Crippen molar-refractivity contribution in [1.29, 1.82) is 0 Å². The van der Waals surface area contributed by atoms with Crippen molar-refractivity contribution < 1.29 is 9.59 Å². The maximum Gasteiger partial charge on any atom is 0.229 e. The monoisotopic (exact) mass is 313 g/mol. The lowest BCUT2D eigenvalue weighted by Crippen LogP contribution is -2.37. The third-order valence-corrected chi connectivity index (χ3v) is 4.43. The Bertz CT molecular complexity index is 686. The minimum Gasteiger partial charge on any atom is -0.361 e. The van der Waals surface area contributed by atoms with Crippen LogP contribution in [0.25, 0.3) is 10.9 Å². The van der Waals surface area contributed by atoms with Crippen LogP contribution in [0.2, 0.25) is 0 Å². The van der Waals surface area contributed by atoms with Crippen LogP contribution >= 0.6 is 0 Å². The summed E-state index contributed by atoms with van der Waals surface area (Å²) in [6.07, 6.45) is 7.05. The average molecular weight is 313 g/mol. The first kappa shape index (κ1) is 15.6. The van der Waals surface area contributed by atoms with E-state index in [0.29, 0.717) is 6.54 Å². The summed E-state index contributed by atoms with van der Waals surface area (Å²) in [6, 6.07) is 8.36. The first-order chi connectivity index (χ1) is 11.2. The molecule has 3 N–H and O–H groups in total. The van der Waals surface area contributed by atoms with Gasteiger partial charge in [-0.1, -0.05) is 31.0 Å². The molecule has 2 aromatic rings. The first-order valence-electron chi connectivity index (χ1n) is 8.33. The van der Waals surface area contributed by atoms with Gasteiger partial charge in [-0.25, -0.2) is 0 Å². The number of amides is 2. The molecule has 1 heterocycles. The van der Waals surface area contributed by atoms with Crippen molar-refractivity contribution in [3.05, 3.63) is 36.0 Å². The van der Waals surface area contributed by atoms with Gasteiger partial charge in [0.1, 0.15) is 6.42 Å². The molecule has 1 saturated carbocycles. The molecule has 2 amide bonds. The normalized spacial score (nSPS) is 15.0. The third-order valence-electron chi connectivity index (χ3n) is 4.43. The van der Waals surface area contributed by atoms with E-state index in [2.05, 4.69) is 21.7 Å². The second-order valence-corrected chi connectivity index (χ2v) is 6.19. The maximum atomic E-state index is 11.8. The van der Waals surface area contributed by atoms with E-state index in [1.54, 1.807) is 0 Å². The Labute approximate surface area is 135 Å². The van der Waals surface area contributed by atoms with Crippen LogP contribution in [-0.4, -0.2) is 29.4 Å².